The summed E-state index contributed by atoms with van der Waals surface area (Å²) in [6.45, 7) is 1.35. The first kappa shape index (κ1) is 19.2. The Kier molecular flexibility index (Phi) is 4.85. The van der Waals surface area contributed by atoms with Crippen LogP contribution in [0.5, 0.6) is 0 Å². The number of amides is 1. The monoisotopic (exact) mass is 399 g/mol. The van der Waals surface area contributed by atoms with E-state index in [2.05, 4.69) is 10.3 Å². The molecule has 27 heavy (non-hydrogen) atoms. The average molecular weight is 399 g/mol. The molecule has 2 heterocycles. The Hall–Kier alpha value is -2.62. The Morgan fingerprint density at radius 2 is 1.96 bits per heavy atom. The number of rotatable bonds is 3. The third kappa shape index (κ3) is 3.90. The number of benzene rings is 1. The number of halogens is 3. The molecular weight excluding hydrogens is 383 g/mol. The SMILES string of the molecule is CC1CN(S(=O)(=O)Cc2ccccc2C(F)(F)F)c2cnccc2NC1=O. The molecule has 1 aromatic carbocycles. The number of anilines is 2. The van der Waals surface area contributed by atoms with E-state index in [0.717, 1.165) is 16.4 Å². The van der Waals surface area contributed by atoms with Gasteiger partial charge in [-0.15, -0.1) is 0 Å². The van der Waals surface area contributed by atoms with Gasteiger partial charge >= 0.3 is 6.18 Å². The van der Waals surface area contributed by atoms with Crippen LogP contribution >= 0.6 is 0 Å². The third-order valence-corrected chi connectivity index (χ3v) is 5.90. The van der Waals surface area contributed by atoms with Gasteiger partial charge < -0.3 is 5.32 Å². The van der Waals surface area contributed by atoms with Gasteiger partial charge in [-0.2, -0.15) is 13.2 Å². The molecule has 0 radical (unpaired) electrons. The fourth-order valence-electron chi connectivity index (χ4n) is 2.84. The van der Waals surface area contributed by atoms with E-state index >= 15 is 0 Å². The number of hydrogen-bond donors (Lipinski definition) is 1. The molecule has 0 fully saturated rings. The predicted octanol–water partition coefficient (Wildman–Crippen LogP) is 3.03. The van der Waals surface area contributed by atoms with Gasteiger partial charge in [0.05, 0.1) is 34.8 Å². The highest BCUT2D eigenvalue weighted by Crippen LogP contribution is 2.35. The number of fused-ring (bicyclic) bond motifs is 1. The standard InChI is InChI=1S/C17H16F3N3O3S/c1-11-9-23(15-8-21-7-6-14(15)22-16(11)24)27(25,26)10-12-4-2-3-5-13(12)17(18,19)20/h2-8,11H,9-10H2,1H3,(H,22,24). The summed E-state index contributed by atoms with van der Waals surface area (Å²) in [6, 6.07) is 5.98. The first-order valence-electron chi connectivity index (χ1n) is 8.00. The quantitative estimate of drug-likeness (QED) is 0.861. The van der Waals surface area contributed by atoms with Crippen molar-refractivity contribution < 1.29 is 26.4 Å². The molecular formula is C17H16F3N3O3S. The first-order chi connectivity index (χ1) is 12.6. The Labute approximate surface area is 154 Å². The number of aromatic nitrogens is 1. The Morgan fingerprint density at radius 3 is 2.67 bits per heavy atom. The van der Waals surface area contributed by atoms with Crippen molar-refractivity contribution in [2.75, 3.05) is 16.2 Å². The lowest BCUT2D eigenvalue weighted by Crippen LogP contribution is -2.37. The molecule has 1 unspecified atom stereocenters. The van der Waals surface area contributed by atoms with Crippen LogP contribution in [-0.2, 0) is 26.7 Å². The number of alkyl halides is 3. The maximum Gasteiger partial charge on any atom is 0.416 e. The number of carbonyl (C=O) groups is 1. The van der Waals surface area contributed by atoms with E-state index in [4.69, 9.17) is 0 Å². The molecule has 10 heteroatoms. The summed E-state index contributed by atoms with van der Waals surface area (Å²) in [7, 11) is -4.21. The molecule has 1 amide bonds. The van der Waals surface area contributed by atoms with Crippen LogP contribution in [0.25, 0.3) is 0 Å². The van der Waals surface area contributed by atoms with Crippen LogP contribution in [0.4, 0.5) is 24.5 Å². The molecule has 1 aliphatic rings. The lowest BCUT2D eigenvalue weighted by Gasteiger charge is -2.25. The van der Waals surface area contributed by atoms with E-state index in [1.54, 1.807) is 6.92 Å². The number of sulfonamides is 1. The smallest absolute Gasteiger partial charge is 0.324 e. The fraction of sp³-hybridized carbons (Fsp3) is 0.294. The molecule has 0 bridgehead atoms. The van der Waals surface area contributed by atoms with Crippen LogP contribution in [-0.4, -0.2) is 25.9 Å². The second-order valence-corrected chi connectivity index (χ2v) is 8.12. The van der Waals surface area contributed by atoms with E-state index in [1.165, 1.54) is 30.6 Å². The highest BCUT2D eigenvalue weighted by molar-refractivity contribution is 7.92. The molecule has 144 valence electrons. The fourth-order valence-corrected chi connectivity index (χ4v) is 4.53. The van der Waals surface area contributed by atoms with Crippen LogP contribution in [0.3, 0.4) is 0 Å². The van der Waals surface area contributed by atoms with Crippen molar-refractivity contribution in [3.63, 3.8) is 0 Å². The number of nitrogens with zero attached hydrogens (tertiary/aromatic N) is 2. The predicted molar refractivity (Wildman–Crippen MR) is 93.4 cm³/mol. The topological polar surface area (TPSA) is 79.4 Å². The second kappa shape index (κ2) is 6.84. The van der Waals surface area contributed by atoms with Crippen LogP contribution in [0.2, 0.25) is 0 Å². The Morgan fingerprint density at radius 1 is 1.26 bits per heavy atom. The third-order valence-electron chi connectivity index (χ3n) is 4.21. The van der Waals surface area contributed by atoms with Crippen LogP contribution in [0.1, 0.15) is 18.1 Å². The molecule has 1 aromatic heterocycles. The van der Waals surface area contributed by atoms with Gasteiger partial charge in [0.2, 0.25) is 15.9 Å². The summed E-state index contributed by atoms with van der Waals surface area (Å²) in [5.41, 5.74) is -0.990. The summed E-state index contributed by atoms with van der Waals surface area (Å²) in [4.78, 5) is 16.0. The number of carbonyl (C=O) groups excluding carboxylic acids is 1. The lowest BCUT2D eigenvalue weighted by atomic mass is 10.1. The second-order valence-electron chi connectivity index (χ2n) is 6.23. The van der Waals surface area contributed by atoms with E-state index < -0.39 is 33.4 Å². The lowest BCUT2D eigenvalue weighted by molar-refractivity contribution is -0.138. The summed E-state index contributed by atoms with van der Waals surface area (Å²) in [6.07, 6.45) is -2.02. The van der Waals surface area contributed by atoms with Crippen molar-refractivity contribution in [3.05, 3.63) is 53.9 Å². The molecule has 3 rings (SSSR count). The van der Waals surface area contributed by atoms with Gasteiger partial charge in [-0.25, -0.2) is 8.42 Å². The molecule has 6 nitrogen and oxygen atoms in total. The zero-order chi connectivity index (χ0) is 19.8. The van der Waals surface area contributed by atoms with Crippen molar-refractivity contribution in [1.29, 1.82) is 0 Å². The molecule has 0 saturated carbocycles. The van der Waals surface area contributed by atoms with E-state index in [1.807, 2.05) is 0 Å². The zero-order valence-corrected chi connectivity index (χ0v) is 15.0. The molecule has 1 N–H and O–H groups in total. The Bertz CT molecular complexity index is 977. The van der Waals surface area contributed by atoms with Gasteiger partial charge in [-0.1, -0.05) is 25.1 Å². The van der Waals surface area contributed by atoms with E-state index in [0.29, 0.717) is 0 Å². The summed E-state index contributed by atoms with van der Waals surface area (Å²) in [5, 5.41) is 2.61. The Balaban J connectivity index is 2.04. The van der Waals surface area contributed by atoms with Gasteiger partial charge in [0, 0.05) is 12.7 Å². The molecule has 0 saturated heterocycles. The van der Waals surface area contributed by atoms with Gasteiger partial charge in [0.25, 0.3) is 0 Å². The summed E-state index contributed by atoms with van der Waals surface area (Å²) < 4.78 is 66.6. The van der Waals surface area contributed by atoms with Gasteiger partial charge in [-0.05, 0) is 17.7 Å². The van der Waals surface area contributed by atoms with Crippen molar-refractivity contribution in [2.45, 2.75) is 18.9 Å². The van der Waals surface area contributed by atoms with Crippen LogP contribution in [0.15, 0.2) is 42.7 Å². The molecule has 1 atom stereocenters. The van der Waals surface area contributed by atoms with E-state index in [9.17, 15) is 26.4 Å². The molecule has 1 aliphatic heterocycles. The van der Waals surface area contributed by atoms with E-state index in [-0.39, 0.29) is 29.4 Å². The highest BCUT2D eigenvalue weighted by atomic mass is 32.2. The van der Waals surface area contributed by atoms with Gasteiger partial charge in [0.15, 0.2) is 0 Å². The van der Waals surface area contributed by atoms with Gasteiger partial charge in [0.1, 0.15) is 0 Å². The average Bonchev–Trinajstić information content (AvgIpc) is 2.71. The van der Waals surface area contributed by atoms with Gasteiger partial charge in [-0.3, -0.25) is 14.1 Å². The first-order valence-corrected chi connectivity index (χ1v) is 9.61. The maximum absolute atomic E-state index is 13.2. The van der Waals surface area contributed by atoms with Crippen molar-refractivity contribution in [1.82, 2.24) is 4.98 Å². The van der Waals surface area contributed by atoms with Crippen molar-refractivity contribution in [3.8, 4) is 0 Å². The van der Waals surface area contributed by atoms with Crippen LogP contribution in [0, 0.1) is 5.92 Å². The number of pyridine rings is 1. The van der Waals surface area contributed by atoms with Crippen molar-refractivity contribution >= 4 is 27.3 Å². The zero-order valence-electron chi connectivity index (χ0n) is 14.2. The summed E-state index contributed by atoms with van der Waals surface area (Å²) in [5.74, 6) is -1.92. The minimum absolute atomic E-state index is 0.125. The maximum atomic E-state index is 13.2. The normalized spacial score (nSPS) is 17.9. The van der Waals surface area contributed by atoms with Crippen molar-refractivity contribution in [2.24, 2.45) is 5.92 Å². The molecule has 2 aromatic rings. The van der Waals surface area contributed by atoms with Crippen LogP contribution < -0.4 is 9.62 Å². The molecule has 0 spiro atoms. The minimum atomic E-state index is -4.67. The largest absolute Gasteiger partial charge is 0.416 e. The highest BCUT2D eigenvalue weighted by Gasteiger charge is 2.37. The summed E-state index contributed by atoms with van der Waals surface area (Å²) >= 11 is 0. The minimum Gasteiger partial charge on any atom is -0.324 e. The number of nitrogens with one attached hydrogen (secondary N) is 1. The number of hydrogen-bond acceptors (Lipinski definition) is 4. The molecule has 0 aliphatic carbocycles.